The van der Waals surface area contributed by atoms with Crippen molar-refractivity contribution in [2.75, 3.05) is 6.61 Å². The van der Waals surface area contributed by atoms with Gasteiger partial charge in [0.05, 0.1) is 6.10 Å². The van der Waals surface area contributed by atoms with E-state index in [0.29, 0.717) is 24.8 Å². The molecule has 1 N–H and O–H groups in total. The highest BCUT2D eigenvalue weighted by molar-refractivity contribution is 5.17. The number of nitrogens with zero attached hydrogens (tertiary/aromatic N) is 1. The molecule has 1 aromatic rings. The summed E-state index contributed by atoms with van der Waals surface area (Å²) in [7, 11) is 0. The lowest BCUT2D eigenvalue weighted by molar-refractivity contribution is 0.102. The Morgan fingerprint density at radius 3 is 2.73 bits per heavy atom. The molecule has 0 amide bonds. The van der Waals surface area contributed by atoms with E-state index in [2.05, 4.69) is 18.8 Å². The van der Waals surface area contributed by atoms with Crippen LogP contribution < -0.4 is 4.74 Å². The maximum absolute atomic E-state index is 9.34. The minimum Gasteiger partial charge on any atom is -0.475 e. The topological polar surface area (TPSA) is 42.4 Å². The molecule has 15 heavy (non-hydrogen) atoms. The van der Waals surface area contributed by atoms with Crippen molar-refractivity contribution in [2.45, 2.75) is 39.2 Å². The van der Waals surface area contributed by atoms with Crippen LogP contribution in [-0.2, 0) is 0 Å². The first kappa shape index (κ1) is 12.0. The van der Waals surface area contributed by atoms with Crippen LogP contribution in [0.1, 0.15) is 38.8 Å². The number of rotatable bonds is 5. The molecule has 0 saturated carbocycles. The Morgan fingerprint density at radius 2 is 2.13 bits per heavy atom. The standard InChI is InChI=1S/C12H19NO2/c1-4-10(14)8-15-12-7-5-6-11(13-12)9(2)3/h5-7,9-10,14H,4,8H2,1-3H3. The van der Waals surface area contributed by atoms with Crippen LogP contribution in [0.2, 0.25) is 0 Å². The van der Waals surface area contributed by atoms with Crippen molar-refractivity contribution in [3.8, 4) is 5.88 Å². The molecule has 0 aliphatic heterocycles. The molecule has 0 aromatic carbocycles. The van der Waals surface area contributed by atoms with Crippen molar-refractivity contribution in [2.24, 2.45) is 0 Å². The van der Waals surface area contributed by atoms with E-state index in [9.17, 15) is 5.11 Å². The number of aromatic nitrogens is 1. The fourth-order valence-electron chi connectivity index (χ4n) is 1.13. The second kappa shape index (κ2) is 5.71. The maximum atomic E-state index is 9.34. The van der Waals surface area contributed by atoms with E-state index >= 15 is 0 Å². The summed E-state index contributed by atoms with van der Waals surface area (Å²) < 4.78 is 5.39. The highest BCUT2D eigenvalue weighted by Gasteiger charge is 2.05. The van der Waals surface area contributed by atoms with Gasteiger partial charge in [0.25, 0.3) is 0 Å². The van der Waals surface area contributed by atoms with Crippen molar-refractivity contribution >= 4 is 0 Å². The molecule has 0 saturated heterocycles. The number of pyridine rings is 1. The van der Waals surface area contributed by atoms with E-state index in [1.54, 1.807) is 0 Å². The van der Waals surface area contributed by atoms with Gasteiger partial charge in [-0.1, -0.05) is 26.8 Å². The largest absolute Gasteiger partial charge is 0.475 e. The van der Waals surface area contributed by atoms with Gasteiger partial charge in [-0.2, -0.15) is 0 Å². The fraction of sp³-hybridized carbons (Fsp3) is 0.583. The molecule has 3 heteroatoms. The third-order valence-corrected chi connectivity index (χ3v) is 2.23. The summed E-state index contributed by atoms with van der Waals surface area (Å²) in [5, 5.41) is 9.34. The predicted octanol–water partition coefficient (Wildman–Crippen LogP) is 2.35. The van der Waals surface area contributed by atoms with Crippen molar-refractivity contribution < 1.29 is 9.84 Å². The normalized spacial score (nSPS) is 12.9. The molecule has 0 aliphatic carbocycles. The van der Waals surface area contributed by atoms with E-state index in [1.807, 2.05) is 25.1 Å². The molecular weight excluding hydrogens is 190 g/mol. The minimum atomic E-state index is -0.408. The van der Waals surface area contributed by atoms with Crippen LogP contribution in [0.25, 0.3) is 0 Å². The monoisotopic (exact) mass is 209 g/mol. The summed E-state index contributed by atoms with van der Waals surface area (Å²) in [6.45, 7) is 6.41. The van der Waals surface area contributed by atoms with Crippen molar-refractivity contribution in [1.82, 2.24) is 4.98 Å². The molecule has 1 aromatic heterocycles. The zero-order valence-corrected chi connectivity index (χ0v) is 9.60. The Bertz CT molecular complexity index is 299. The quantitative estimate of drug-likeness (QED) is 0.809. The first-order valence-electron chi connectivity index (χ1n) is 5.41. The highest BCUT2D eigenvalue weighted by atomic mass is 16.5. The van der Waals surface area contributed by atoms with Crippen LogP contribution in [0.15, 0.2) is 18.2 Å². The Morgan fingerprint density at radius 1 is 1.40 bits per heavy atom. The van der Waals surface area contributed by atoms with Crippen LogP contribution in [0.4, 0.5) is 0 Å². The maximum Gasteiger partial charge on any atom is 0.213 e. The number of hydrogen-bond acceptors (Lipinski definition) is 3. The molecular formula is C12H19NO2. The molecule has 1 unspecified atom stereocenters. The molecule has 0 radical (unpaired) electrons. The summed E-state index contributed by atoms with van der Waals surface area (Å²) in [5.41, 5.74) is 1.01. The molecule has 0 bridgehead atoms. The number of aliphatic hydroxyl groups excluding tert-OH is 1. The highest BCUT2D eigenvalue weighted by Crippen LogP contribution is 2.15. The van der Waals surface area contributed by atoms with Crippen LogP contribution in [-0.4, -0.2) is 22.8 Å². The van der Waals surface area contributed by atoms with Crippen LogP contribution >= 0.6 is 0 Å². The van der Waals surface area contributed by atoms with Crippen LogP contribution in [0, 0.1) is 0 Å². The lowest BCUT2D eigenvalue weighted by atomic mass is 10.1. The molecule has 1 rings (SSSR count). The van der Waals surface area contributed by atoms with E-state index < -0.39 is 6.10 Å². The van der Waals surface area contributed by atoms with Gasteiger partial charge >= 0.3 is 0 Å². The van der Waals surface area contributed by atoms with Gasteiger partial charge in [0.1, 0.15) is 6.61 Å². The van der Waals surface area contributed by atoms with Gasteiger partial charge in [-0.05, 0) is 18.4 Å². The van der Waals surface area contributed by atoms with Crippen molar-refractivity contribution in [3.05, 3.63) is 23.9 Å². The molecule has 0 aliphatic rings. The summed E-state index contributed by atoms with van der Waals surface area (Å²) in [6, 6.07) is 5.72. The lowest BCUT2D eigenvalue weighted by Crippen LogP contribution is -2.16. The Labute approximate surface area is 91.1 Å². The van der Waals surface area contributed by atoms with Gasteiger partial charge < -0.3 is 9.84 Å². The lowest BCUT2D eigenvalue weighted by Gasteiger charge is -2.11. The first-order chi connectivity index (χ1) is 7.13. The van der Waals surface area contributed by atoms with Crippen molar-refractivity contribution in [1.29, 1.82) is 0 Å². The smallest absolute Gasteiger partial charge is 0.213 e. The second-order valence-corrected chi connectivity index (χ2v) is 3.93. The number of aliphatic hydroxyl groups is 1. The van der Waals surface area contributed by atoms with E-state index in [4.69, 9.17) is 4.74 Å². The van der Waals surface area contributed by atoms with Crippen molar-refractivity contribution in [3.63, 3.8) is 0 Å². The predicted molar refractivity (Wildman–Crippen MR) is 60.1 cm³/mol. The van der Waals surface area contributed by atoms with E-state index in [-0.39, 0.29) is 0 Å². The molecule has 0 spiro atoms. The summed E-state index contributed by atoms with van der Waals surface area (Å²) in [4.78, 5) is 4.35. The molecule has 0 fully saturated rings. The zero-order valence-electron chi connectivity index (χ0n) is 9.60. The van der Waals surface area contributed by atoms with Gasteiger partial charge in [0.2, 0.25) is 5.88 Å². The molecule has 3 nitrogen and oxygen atoms in total. The molecule has 1 atom stereocenters. The molecule has 84 valence electrons. The van der Waals surface area contributed by atoms with E-state index in [1.165, 1.54) is 0 Å². The summed E-state index contributed by atoms with van der Waals surface area (Å²) in [6.07, 6.45) is 0.290. The first-order valence-corrected chi connectivity index (χ1v) is 5.41. The van der Waals surface area contributed by atoms with Crippen LogP contribution in [0.3, 0.4) is 0 Å². The third-order valence-electron chi connectivity index (χ3n) is 2.23. The summed E-state index contributed by atoms with van der Waals surface area (Å²) >= 11 is 0. The average molecular weight is 209 g/mol. The van der Waals surface area contributed by atoms with Gasteiger partial charge in [-0.25, -0.2) is 4.98 Å². The number of hydrogen-bond donors (Lipinski definition) is 1. The Hall–Kier alpha value is -1.09. The van der Waals surface area contributed by atoms with E-state index in [0.717, 1.165) is 5.69 Å². The molecule has 1 heterocycles. The minimum absolute atomic E-state index is 0.311. The van der Waals surface area contributed by atoms with Crippen LogP contribution in [0.5, 0.6) is 5.88 Å². The summed E-state index contributed by atoms with van der Waals surface area (Å²) in [5.74, 6) is 0.985. The Balaban J connectivity index is 2.58. The second-order valence-electron chi connectivity index (χ2n) is 3.93. The fourth-order valence-corrected chi connectivity index (χ4v) is 1.13. The van der Waals surface area contributed by atoms with Gasteiger partial charge in [0.15, 0.2) is 0 Å². The van der Waals surface area contributed by atoms with Gasteiger partial charge in [-0.3, -0.25) is 0 Å². The Kier molecular flexibility index (Phi) is 4.56. The average Bonchev–Trinajstić information content (AvgIpc) is 2.26. The van der Waals surface area contributed by atoms with Gasteiger partial charge in [-0.15, -0.1) is 0 Å². The third kappa shape index (κ3) is 3.88. The van der Waals surface area contributed by atoms with Gasteiger partial charge in [0, 0.05) is 11.8 Å². The number of ether oxygens (including phenoxy) is 1. The SMILES string of the molecule is CCC(O)COc1cccc(C(C)C)n1. The zero-order chi connectivity index (χ0) is 11.3.